The molecule has 0 radical (unpaired) electrons. The summed E-state index contributed by atoms with van der Waals surface area (Å²) < 4.78 is 0. The number of carbonyl (C=O) groups is 1. The second kappa shape index (κ2) is 6.06. The van der Waals surface area contributed by atoms with Crippen LogP contribution >= 0.6 is 11.3 Å². The molecule has 1 amide bonds. The van der Waals surface area contributed by atoms with E-state index in [-0.39, 0.29) is 17.5 Å². The second-order valence-electron chi connectivity index (χ2n) is 5.82. The SMILES string of the molecule is CC(C)N(Cc1cccs1)C(=O)C1(C)CCCCN1. The van der Waals surface area contributed by atoms with Crippen molar-refractivity contribution >= 4 is 17.2 Å². The lowest BCUT2D eigenvalue weighted by Crippen LogP contribution is -2.59. The molecule has 3 nitrogen and oxygen atoms in total. The minimum Gasteiger partial charge on any atom is -0.334 e. The van der Waals surface area contributed by atoms with E-state index in [2.05, 4.69) is 37.5 Å². The molecule has 0 aromatic carbocycles. The minimum atomic E-state index is -0.375. The van der Waals surface area contributed by atoms with Gasteiger partial charge in [-0.2, -0.15) is 0 Å². The quantitative estimate of drug-likeness (QED) is 0.919. The summed E-state index contributed by atoms with van der Waals surface area (Å²) in [5.41, 5.74) is -0.375. The topological polar surface area (TPSA) is 32.3 Å². The van der Waals surface area contributed by atoms with E-state index in [0.717, 1.165) is 25.9 Å². The lowest BCUT2D eigenvalue weighted by molar-refractivity contribution is -0.141. The van der Waals surface area contributed by atoms with Crippen LogP contribution in [0.15, 0.2) is 17.5 Å². The molecule has 1 saturated heterocycles. The molecule has 0 spiro atoms. The van der Waals surface area contributed by atoms with Crippen molar-refractivity contribution in [1.82, 2.24) is 10.2 Å². The van der Waals surface area contributed by atoms with Crippen LogP contribution in [0.2, 0.25) is 0 Å². The lowest BCUT2D eigenvalue weighted by atomic mass is 9.89. The van der Waals surface area contributed by atoms with Crippen LogP contribution in [0, 0.1) is 0 Å². The van der Waals surface area contributed by atoms with Crippen molar-refractivity contribution < 1.29 is 4.79 Å². The van der Waals surface area contributed by atoms with E-state index in [0.29, 0.717) is 0 Å². The Bertz CT molecular complexity index is 408. The summed E-state index contributed by atoms with van der Waals surface area (Å²) in [5, 5.41) is 5.49. The van der Waals surface area contributed by atoms with Gasteiger partial charge in [-0.3, -0.25) is 4.79 Å². The van der Waals surface area contributed by atoms with Crippen molar-refractivity contribution in [1.29, 1.82) is 0 Å². The van der Waals surface area contributed by atoms with Gasteiger partial charge in [0.15, 0.2) is 0 Å². The third-order valence-corrected chi connectivity index (χ3v) is 4.74. The van der Waals surface area contributed by atoms with Crippen LogP contribution < -0.4 is 5.32 Å². The molecule has 4 heteroatoms. The maximum atomic E-state index is 12.9. The molecule has 1 aliphatic rings. The summed E-state index contributed by atoms with van der Waals surface area (Å²) in [7, 11) is 0. The van der Waals surface area contributed by atoms with Gasteiger partial charge in [-0.05, 0) is 58.0 Å². The predicted molar refractivity (Wildman–Crippen MR) is 80.3 cm³/mol. The fourth-order valence-corrected chi connectivity index (χ4v) is 3.32. The van der Waals surface area contributed by atoms with E-state index in [1.807, 2.05) is 11.0 Å². The van der Waals surface area contributed by atoms with Gasteiger partial charge in [0.25, 0.3) is 0 Å². The summed E-state index contributed by atoms with van der Waals surface area (Å²) in [6, 6.07) is 4.38. The number of hydrogen-bond acceptors (Lipinski definition) is 3. The Morgan fingerprint density at radius 1 is 1.53 bits per heavy atom. The van der Waals surface area contributed by atoms with Crippen LogP contribution in [0.4, 0.5) is 0 Å². The van der Waals surface area contributed by atoms with Gasteiger partial charge in [-0.25, -0.2) is 0 Å². The molecule has 19 heavy (non-hydrogen) atoms. The molecule has 1 fully saturated rings. The summed E-state index contributed by atoms with van der Waals surface area (Å²) in [5.74, 6) is 0.246. The lowest BCUT2D eigenvalue weighted by Gasteiger charge is -2.39. The van der Waals surface area contributed by atoms with E-state index in [4.69, 9.17) is 0 Å². The molecule has 0 bridgehead atoms. The first kappa shape index (κ1) is 14.5. The fourth-order valence-electron chi connectivity index (χ4n) is 2.62. The molecule has 2 rings (SSSR count). The third kappa shape index (κ3) is 3.37. The molecular weight excluding hydrogens is 256 g/mol. The number of amides is 1. The molecule has 1 aliphatic heterocycles. The van der Waals surface area contributed by atoms with Gasteiger partial charge in [0.05, 0.1) is 12.1 Å². The molecule has 1 atom stereocenters. The average Bonchev–Trinajstić information content (AvgIpc) is 2.88. The number of carbonyl (C=O) groups excluding carboxylic acids is 1. The zero-order valence-corrected chi connectivity index (χ0v) is 12.9. The van der Waals surface area contributed by atoms with Crippen LogP contribution in [-0.4, -0.2) is 28.9 Å². The highest BCUT2D eigenvalue weighted by Gasteiger charge is 2.38. The molecule has 2 heterocycles. The summed E-state index contributed by atoms with van der Waals surface area (Å²) in [6.07, 6.45) is 3.26. The monoisotopic (exact) mass is 280 g/mol. The van der Waals surface area contributed by atoms with Crippen LogP contribution in [-0.2, 0) is 11.3 Å². The Balaban J connectivity index is 2.11. The number of nitrogens with zero attached hydrogens (tertiary/aromatic N) is 1. The number of hydrogen-bond donors (Lipinski definition) is 1. The maximum absolute atomic E-state index is 12.9. The second-order valence-corrected chi connectivity index (χ2v) is 6.85. The van der Waals surface area contributed by atoms with Gasteiger partial charge in [0.1, 0.15) is 0 Å². The van der Waals surface area contributed by atoms with Gasteiger partial charge >= 0.3 is 0 Å². The number of nitrogens with one attached hydrogen (secondary N) is 1. The van der Waals surface area contributed by atoms with Crippen molar-refractivity contribution in [2.24, 2.45) is 0 Å². The van der Waals surface area contributed by atoms with Crippen molar-refractivity contribution in [3.05, 3.63) is 22.4 Å². The molecular formula is C15H24N2OS. The highest BCUT2D eigenvalue weighted by molar-refractivity contribution is 7.09. The van der Waals surface area contributed by atoms with Gasteiger partial charge < -0.3 is 10.2 Å². The Morgan fingerprint density at radius 3 is 2.84 bits per heavy atom. The normalized spacial score (nSPS) is 23.6. The van der Waals surface area contributed by atoms with E-state index < -0.39 is 0 Å². The highest BCUT2D eigenvalue weighted by atomic mass is 32.1. The first-order valence-electron chi connectivity index (χ1n) is 7.11. The van der Waals surface area contributed by atoms with Crippen molar-refractivity contribution in [2.45, 2.75) is 58.2 Å². The first-order valence-corrected chi connectivity index (χ1v) is 7.99. The van der Waals surface area contributed by atoms with Crippen LogP contribution in [0.3, 0.4) is 0 Å². The van der Waals surface area contributed by atoms with Crippen molar-refractivity contribution in [2.75, 3.05) is 6.54 Å². The Morgan fingerprint density at radius 2 is 2.32 bits per heavy atom. The average molecular weight is 280 g/mol. The molecule has 1 aromatic rings. The minimum absolute atomic E-state index is 0.232. The molecule has 106 valence electrons. The van der Waals surface area contributed by atoms with E-state index >= 15 is 0 Å². The van der Waals surface area contributed by atoms with Crippen LogP contribution in [0.25, 0.3) is 0 Å². The molecule has 1 aromatic heterocycles. The number of piperidine rings is 1. The summed E-state index contributed by atoms with van der Waals surface area (Å²) >= 11 is 1.72. The smallest absolute Gasteiger partial charge is 0.243 e. The Labute approximate surface area is 120 Å². The van der Waals surface area contributed by atoms with Crippen molar-refractivity contribution in [3.63, 3.8) is 0 Å². The van der Waals surface area contributed by atoms with Gasteiger partial charge in [0, 0.05) is 10.9 Å². The summed E-state index contributed by atoms with van der Waals surface area (Å²) in [4.78, 5) is 16.1. The molecule has 1 N–H and O–H groups in total. The Kier molecular flexibility index (Phi) is 4.63. The Hall–Kier alpha value is -0.870. The van der Waals surface area contributed by atoms with Gasteiger partial charge in [0.2, 0.25) is 5.91 Å². The number of thiophene rings is 1. The standard InChI is InChI=1S/C15H24N2OS/c1-12(2)17(11-13-7-6-10-19-13)14(18)15(3)8-4-5-9-16-15/h6-7,10,12,16H,4-5,8-9,11H2,1-3H3. The zero-order valence-electron chi connectivity index (χ0n) is 12.1. The maximum Gasteiger partial charge on any atom is 0.243 e. The summed E-state index contributed by atoms with van der Waals surface area (Å²) in [6.45, 7) is 7.92. The van der Waals surface area contributed by atoms with Crippen molar-refractivity contribution in [3.8, 4) is 0 Å². The predicted octanol–water partition coefficient (Wildman–Crippen LogP) is 3.02. The van der Waals surface area contributed by atoms with Gasteiger partial charge in [-0.1, -0.05) is 6.07 Å². The largest absolute Gasteiger partial charge is 0.334 e. The highest BCUT2D eigenvalue weighted by Crippen LogP contribution is 2.24. The third-order valence-electron chi connectivity index (χ3n) is 3.88. The van der Waals surface area contributed by atoms with Crippen LogP contribution in [0.5, 0.6) is 0 Å². The van der Waals surface area contributed by atoms with Gasteiger partial charge in [-0.15, -0.1) is 11.3 Å². The molecule has 1 unspecified atom stereocenters. The van der Waals surface area contributed by atoms with Crippen LogP contribution in [0.1, 0.15) is 44.9 Å². The van der Waals surface area contributed by atoms with E-state index in [9.17, 15) is 4.79 Å². The first-order chi connectivity index (χ1) is 9.03. The molecule has 0 aliphatic carbocycles. The van der Waals surface area contributed by atoms with E-state index in [1.54, 1.807) is 11.3 Å². The molecule has 0 saturated carbocycles. The van der Waals surface area contributed by atoms with E-state index in [1.165, 1.54) is 11.3 Å². The number of rotatable bonds is 4. The fraction of sp³-hybridized carbons (Fsp3) is 0.667. The zero-order chi connectivity index (χ0) is 13.9.